The Kier molecular flexibility index (Phi) is 5.76. The van der Waals surface area contributed by atoms with Gasteiger partial charge in [0.2, 0.25) is 0 Å². The van der Waals surface area contributed by atoms with E-state index in [1.807, 2.05) is 4.68 Å². The molecular formula is C16H30N4O. The zero-order valence-corrected chi connectivity index (χ0v) is 13.9. The smallest absolute Gasteiger partial charge is 0.138 e. The molecule has 2 atom stereocenters. The second-order valence-electron chi connectivity index (χ2n) is 6.73. The van der Waals surface area contributed by atoms with Crippen LogP contribution in [0.25, 0.3) is 0 Å². The van der Waals surface area contributed by atoms with Gasteiger partial charge in [-0.25, -0.2) is 9.67 Å². The topological polar surface area (TPSA) is 52.0 Å². The lowest BCUT2D eigenvalue weighted by Crippen LogP contribution is -2.50. The van der Waals surface area contributed by atoms with Crippen LogP contribution in [0.4, 0.5) is 0 Å². The maximum Gasteiger partial charge on any atom is 0.138 e. The number of aromatic nitrogens is 3. The summed E-state index contributed by atoms with van der Waals surface area (Å²) < 4.78 is 8.09. The van der Waals surface area contributed by atoms with Gasteiger partial charge in [0.15, 0.2) is 0 Å². The van der Waals surface area contributed by atoms with Crippen molar-refractivity contribution in [1.29, 1.82) is 0 Å². The zero-order chi connectivity index (χ0) is 15.3. The summed E-state index contributed by atoms with van der Waals surface area (Å²) in [4.78, 5) is 4.48. The quantitative estimate of drug-likeness (QED) is 0.800. The molecule has 1 aliphatic heterocycles. The molecule has 0 saturated carbocycles. The summed E-state index contributed by atoms with van der Waals surface area (Å²) in [6.07, 6.45) is 5.95. The van der Waals surface area contributed by atoms with E-state index in [2.05, 4.69) is 43.1 Å². The van der Waals surface area contributed by atoms with Gasteiger partial charge in [-0.1, -0.05) is 20.8 Å². The molecule has 1 N–H and O–H groups in total. The minimum absolute atomic E-state index is 0.0796. The fourth-order valence-electron chi connectivity index (χ4n) is 3.03. The normalized spacial score (nSPS) is 23.9. The molecule has 120 valence electrons. The lowest BCUT2D eigenvalue weighted by Gasteiger charge is -2.34. The average molecular weight is 294 g/mol. The van der Waals surface area contributed by atoms with Crippen LogP contribution in [0.3, 0.4) is 0 Å². The van der Waals surface area contributed by atoms with Gasteiger partial charge in [0.1, 0.15) is 12.2 Å². The highest BCUT2D eigenvalue weighted by Crippen LogP contribution is 2.30. The molecule has 1 fully saturated rings. The fourth-order valence-corrected chi connectivity index (χ4v) is 3.03. The van der Waals surface area contributed by atoms with Gasteiger partial charge in [-0.05, 0) is 38.6 Å². The first-order chi connectivity index (χ1) is 10.0. The minimum Gasteiger partial charge on any atom is -0.374 e. The Hall–Kier alpha value is -0.940. The first-order valence-corrected chi connectivity index (χ1v) is 8.29. The largest absolute Gasteiger partial charge is 0.374 e. The molecule has 1 aromatic heterocycles. The van der Waals surface area contributed by atoms with E-state index in [0.717, 1.165) is 51.2 Å². The Balaban J connectivity index is 2.09. The van der Waals surface area contributed by atoms with Crippen LogP contribution in [0.5, 0.6) is 0 Å². The van der Waals surface area contributed by atoms with Gasteiger partial charge in [-0.3, -0.25) is 0 Å². The van der Waals surface area contributed by atoms with Crippen molar-refractivity contribution in [3.05, 3.63) is 12.2 Å². The van der Waals surface area contributed by atoms with Crippen molar-refractivity contribution in [2.45, 2.75) is 71.6 Å². The molecule has 2 heterocycles. The van der Waals surface area contributed by atoms with Crippen LogP contribution in [0.15, 0.2) is 6.33 Å². The Bertz CT molecular complexity index is 424. The summed E-state index contributed by atoms with van der Waals surface area (Å²) in [5.41, 5.74) is -0.0796. The predicted molar refractivity (Wildman–Crippen MR) is 84.2 cm³/mol. The molecule has 0 radical (unpaired) electrons. The molecule has 1 saturated heterocycles. The van der Waals surface area contributed by atoms with Crippen LogP contribution in [0, 0.1) is 5.92 Å². The summed E-state index contributed by atoms with van der Waals surface area (Å²) in [5.74, 6) is 1.64. The van der Waals surface area contributed by atoms with Gasteiger partial charge in [0, 0.05) is 25.6 Å². The van der Waals surface area contributed by atoms with Crippen LogP contribution in [0.1, 0.15) is 52.8 Å². The van der Waals surface area contributed by atoms with Crippen LogP contribution in [0.2, 0.25) is 0 Å². The molecule has 2 rings (SSSR count). The third-order valence-electron chi connectivity index (χ3n) is 4.25. The third-order valence-corrected chi connectivity index (χ3v) is 4.25. The molecule has 0 aliphatic carbocycles. The number of hydrogen-bond acceptors (Lipinski definition) is 4. The summed E-state index contributed by atoms with van der Waals surface area (Å²) >= 11 is 0. The molecule has 0 bridgehead atoms. The molecule has 1 aliphatic rings. The van der Waals surface area contributed by atoms with Crippen LogP contribution < -0.4 is 5.32 Å². The van der Waals surface area contributed by atoms with Crippen molar-refractivity contribution in [2.75, 3.05) is 13.2 Å². The predicted octanol–water partition coefficient (Wildman–Crippen LogP) is 2.41. The Labute approximate surface area is 128 Å². The van der Waals surface area contributed by atoms with Gasteiger partial charge < -0.3 is 10.1 Å². The van der Waals surface area contributed by atoms with E-state index in [-0.39, 0.29) is 5.60 Å². The monoisotopic (exact) mass is 294 g/mol. The van der Waals surface area contributed by atoms with Crippen molar-refractivity contribution >= 4 is 0 Å². The van der Waals surface area contributed by atoms with Crippen molar-refractivity contribution in [3.63, 3.8) is 0 Å². The minimum atomic E-state index is -0.0796. The first kappa shape index (κ1) is 16.4. The lowest BCUT2D eigenvalue weighted by molar-refractivity contribution is -0.0122. The van der Waals surface area contributed by atoms with Crippen molar-refractivity contribution in [2.24, 2.45) is 5.92 Å². The highest BCUT2D eigenvalue weighted by Gasteiger charge is 2.38. The fraction of sp³-hybridized carbons (Fsp3) is 0.875. The number of nitrogens with one attached hydrogen (secondary N) is 1. The molecule has 21 heavy (non-hydrogen) atoms. The molecule has 0 aromatic carbocycles. The highest BCUT2D eigenvalue weighted by atomic mass is 16.5. The van der Waals surface area contributed by atoms with Gasteiger partial charge in [0.25, 0.3) is 0 Å². The van der Waals surface area contributed by atoms with Crippen LogP contribution in [-0.2, 0) is 17.7 Å². The average Bonchev–Trinajstić information content (AvgIpc) is 3.04. The van der Waals surface area contributed by atoms with E-state index in [9.17, 15) is 0 Å². The second kappa shape index (κ2) is 7.36. The first-order valence-electron chi connectivity index (χ1n) is 8.29. The summed E-state index contributed by atoms with van der Waals surface area (Å²) in [6.45, 7) is 11.7. The van der Waals surface area contributed by atoms with E-state index in [1.54, 1.807) is 6.33 Å². The molecule has 5 heteroatoms. The maximum atomic E-state index is 6.05. The summed E-state index contributed by atoms with van der Waals surface area (Å²) in [5, 5.41) is 8.04. The molecule has 0 amide bonds. The highest BCUT2D eigenvalue weighted by molar-refractivity contribution is 5.00. The molecule has 0 spiro atoms. The van der Waals surface area contributed by atoms with Crippen molar-refractivity contribution in [1.82, 2.24) is 20.1 Å². The third kappa shape index (κ3) is 4.27. The number of rotatable bonds is 8. The van der Waals surface area contributed by atoms with E-state index >= 15 is 0 Å². The maximum absolute atomic E-state index is 6.05. The molecular weight excluding hydrogens is 264 g/mol. The van der Waals surface area contributed by atoms with Crippen molar-refractivity contribution < 1.29 is 4.74 Å². The van der Waals surface area contributed by atoms with E-state index in [1.165, 1.54) is 0 Å². The van der Waals surface area contributed by atoms with Gasteiger partial charge >= 0.3 is 0 Å². The SMILES string of the molecule is CCCNC(Cc1ncnn1CC(C)C)C1(C)CCCO1. The molecule has 1 aromatic rings. The molecule has 2 unspecified atom stereocenters. The molecule has 5 nitrogen and oxygen atoms in total. The van der Waals surface area contributed by atoms with Crippen LogP contribution >= 0.6 is 0 Å². The van der Waals surface area contributed by atoms with E-state index < -0.39 is 0 Å². The standard InChI is InChI=1S/C16H30N4O/c1-5-8-17-14(16(4)7-6-9-21-16)10-15-18-12-19-20(15)11-13(2)3/h12-14,17H,5-11H2,1-4H3. The lowest BCUT2D eigenvalue weighted by atomic mass is 9.90. The van der Waals surface area contributed by atoms with Crippen molar-refractivity contribution in [3.8, 4) is 0 Å². The van der Waals surface area contributed by atoms with E-state index in [4.69, 9.17) is 4.74 Å². The van der Waals surface area contributed by atoms with Gasteiger partial charge in [-0.15, -0.1) is 0 Å². The van der Waals surface area contributed by atoms with E-state index in [0.29, 0.717) is 12.0 Å². The zero-order valence-electron chi connectivity index (χ0n) is 13.9. The summed E-state index contributed by atoms with van der Waals surface area (Å²) in [6, 6.07) is 0.301. The Morgan fingerprint density at radius 2 is 2.29 bits per heavy atom. The number of ether oxygens (including phenoxy) is 1. The summed E-state index contributed by atoms with van der Waals surface area (Å²) in [7, 11) is 0. The van der Waals surface area contributed by atoms with Crippen LogP contribution in [-0.4, -0.2) is 39.6 Å². The number of hydrogen-bond donors (Lipinski definition) is 1. The van der Waals surface area contributed by atoms with Gasteiger partial charge in [-0.2, -0.15) is 5.10 Å². The Morgan fingerprint density at radius 1 is 1.48 bits per heavy atom. The number of nitrogens with zero attached hydrogens (tertiary/aromatic N) is 3. The Morgan fingerprint density at radius 3 is 2.90 bits per heavy atom. The van der Waals surface area contributed by atoms with Gasteiger partial charge in [0.05, 0.1) is 5.60 Å². The second-order valence-corrected chi connectivity index (χ2v) is 6.73.